The second kappa shape index (κ2) is 6.65. The zero-order valence-corrected chi connectivity index (χ0v) is 13.8. The lowest BCUT2D eigenvalue weighted by atomic mass is 9.90. The van der Waals surface area contributed by atoms with Gasteiger partial charge >= 0.3 is 5.97 Å². The summed E-state index contributed by atoms with van der Waals surface area (Å²) in [6, 6.07) is 12.2. The fourth-order valence-electron chi connectivity index (χ4n) is 2.69. The lowest BCUT2D eigenvalue weighted by Gasteiger charge is -2.16. The van der Waals surface area contributed by atoms with Gasteiger partial charge in [-0.2, -0.15) is 0 Å². The Kier molecular flexibility index (Phi) is 4.86. The van der Waals surface area contributed by atoms with E-state index in [0.717, 1.165) is 28.0 Å². The summed E-state index contributed by atoms with van der Waals surface area (Å²) in [4.78, 5) is 11.8. The van der Waals surface area contributed by atoms with E-state index >= 15 is 0 Å². The summed E-state index contributed by atoms with van der Waals surface area (Å²) >= 11 is 0. The monoisotopic (exact) mass is 298 g/mol. The first-order valence-electron chi connectivity index (χ1n) is 7.31. The number of hydrogen-bond donors (Lipinski definition) is 0. The molecule has 0 amide bonds. The molecule has 0 aromatic heterocycles. The molecule has 0 heterocycles. The zero-order chi connectivity index (χ0) is 16.3. The summed E-state index contributed by atoms with van der Waals surface area (Å²) in [5.74, 6) is 0.377. The van der Waals surface area contributed by atoms with Gasteiger partial charge < -0.3 is 9.47 Å². The van der Waals surface area contributed by atoms with E-state index in [1.165, 1.54) is 12.7 Å². The highest BCUT2D eigenvalue weighted by molar-refractivity contribution is 5.79. The minimum Gasteiger partial charge on any atom is -0.497 e. The van der Waals surface area contributed by atoms with Gasteiger partial charge in [-0.15, -0.1) is 0 Å². The van der Waals surface area contributed by atoms with E-state index in [0.29, 0.717) is 0 Å². The molecular weight excluding hydrogens is 276 g/mol. The van der Waals surface area contributed by atoms with Crippen molar-refractivity contribution in [2.75, 3.05) is 14.2 Å². The summed E-state index contributed by atoms with van der Waals surface area (Å²) in [5, 5.41) is 0. The van der Waals surface area contributed by atoms with Crippen LogP contribution >= 0.6 is 0 Å². The molecule has 0 aliphatic rings. The molecule has 0 bridgehead atoms. The number of methoxy groups -OCH3 is 2. The summed E-state index contributed by atoms with van der Waals surface area (Å²) in [5.41, 5.74) is 5.55. The largest absolute Gasteiger partial charge is 0.497 e. The van der Waals surface area contributed by atoms with E-state index in [1.807, 2.05) is 38.1 Å². The molecule has 0 aliphatic carbocycles. The standard InChI is InChI=1S/C19H22O3/c1-12-11-18(15-6-8-16(21-4)9-7-15)13(2)10-17(12)14(3)19(20)22-5/h6-11,14H,1-5H3. The molecule has 0 fully saturated rings. The van der Waals surface area contributed by atoms with Gasteiger partial charge in [0, 0.05) is 0 Å². The molecule has 3 nitrogen and oxygen atoms in total. The summed E-state index contributed by atoms with van der Waals surface area (Å²) in [6.45, 7) is 5.97. The summed E-state index contributed by atoms with van der Waals surface area (Å²) in [6.07, 6.45) is 0. The zero-order valence-electron chi connectivity index (χ0n) is 13.8. The van der Waals surface area contributed by atoms with E-state index in [4.69, 9.17) is 9.47 Å². The predicted octanol–water partition coefficient (Wildman–Crippen LogP) is 4.26. The highest BCUT2D eigenvalue weighted by Crippen LogP contribution is 2.31. The molecular formula is C19H22O3. The van der Waals surface area contributed by atoms with Gasteiger partial charge in [-0.3, -0.25) is 4.79 Å². The van der Waals surface area contributed by atoms with Crippen LogP contribution in [0.25, 0.3) is 11.1 Å². The lowest BCUT2D eigenvalue weighted by molar-refractivity contribution is -0.142. The van der Waals surface area contributed by atoms with Crippen LogP contribution in [-0.2, 0) is 9.53 Å². The van der Waals surface area contributed by atoms with Crippen molar-refractivity contribution in [3.05, 3.63) is 53.1 Å². The van der Waals surface area contributed by atoms with Gasteiger partial charge in [0.15, 0.2) is 0 Å². The number of carbonyl (C=O) groups excluding carboxylic acids is 1. The van der Waals surface area contributed by atoms with Crippen LogP contribution in [-0.4, -0.2) is 20.2 Å². The first kappa shape index (κ1) is 16.1. The first-order valence-corrected chi connectivity index (χ1v) is 7.31. The average molecular weight is 298 g/mol. The molecule has 2 aromatic rings. The van der Waals surface area contributed by atoms with E-state index in [-0.39, 0.29) is 11.9 Å². The molecule has 2 rings (SSSR count). The Morgan fingerprint density at radius 3 is 2.18 bits per heavy atom. The molecule has 22 heavy (non-hydrogen) atoms. The average Bonchev–Trinajstić information content (AvgIpc) is 2.55. The van der Waals surface area contributed by atoms with Crippen LogP contribution in [0.4, 0.5) is 0 Å². The Labute approximate surface area is 131 Å². The summed E-state index contributed by atoms with van der Waals surface area (Å²) < 4.78 is 10.0. The molecule has 0 radical (unpaired) electrons. The molecule has 2 aromatic carbocycles. The molecule has 3 heteroatoms. The number of hydrogen-bond acceptors (Lipinski definition) is 3. The Morgan fingerprint density at radius 2 is 1.64 bits per heavy atom. The van der Waals surface area contributed by atoms with Gasteiger partial charge in [-0.25, -0.2) is 0 Å². The lowest BCUT2D eigenvalue weighted by Crippen LogP contribution is -2.12. The van der Waals surface area contributed by atoms with E-state index in [9.17, 15) is 4.79 Å². The number of ether oxygens (including phenoxy) is 2. The van der Waals surface area contributed by atoms with E-state index in [1.54, 1.807) is 7.11 Å². The SMILES string of the molecule is COC(=O)C(C)c1cc(C)c(-c2ccc(OC)cc2)cc1C. The third-order valence-corrected chi connectivity index (χ3v) is 4.04. The maximum atomic E-state index is 11.8. The van der Waals surface area contributed by atoms with Gasteiger partial charge in [0.05, 0.1) is 20.1 Å². The van der Waals surface area contributed by atoms with Crippen LogP contribution in [0.1, 0.15) is 29.5 Å². The number of aryl methyl sites for hydroxylation is 2. The fourth-order valence-corrected chi connectivity index (χ4v) is 2.69. The van der Waals surface area contributed by atoms with Gasteiger partial charge in [-0.1, -0.05) is 24.3 Å². The molecule has 116 valence electrons. The maximum absolute atomic E-state index is 11.8. The molecule has 0 N–H and O–H groups in total. The van der Waals surface area contributed by atoms with Crippen LogP contribution in [0.5, 0.6) is 5.75 Å². The third kappa shape index (κ3) is 3.14. The maximum Gasteiger partial charge on any atom is 0.312 e. The minimum absolute atomic E-state index is 0.209. The highest BCUT2D eigenvalue weighted by atomic mass is 16.5. The second-order valence-corrected chi connectivity index (χ2v) is 5.50. The van der Waals surface area contributed by atoms with Crippen molar-refractivity contribution in [1.82, 2.24) is 0 Å². The predicted molar refractivity (Wildman–Crippen MR) is 88.3 cm³/mol. The van der Waals surface area contributed by atoms with Crippen LogP contribution in [0.3, 0.4) is 0 Å². The third-order valence-electron chi connectivity index (χ3n) is 4.04. The van der Waals surface area contributed by atoms with Gasteiger partial charge in [-0.05, 0) is 60.7 Å². The highest BCUT2D eigenvalue weighted by Gasteiger charge is 2.19. The van der Waals surface area contributed by atoms with Crippen molar-refractivity contribution in [2.45, 2.75) is 26.7 Å². The normalized spacial score (nSPS) is 11.9. The Balaban J connectivity index is 2.43. The fraction of sp³-hybridized carbons (Fsp3) is 0.316. The molecule has 1 atom stereocenters. The van der Waals surface area contributed by atoms with E-state index < -0.39 is 0 Å². The second-order valence-electron chi connectivity index (χ2n) is 5.50. The molecule has 1 unspecified atom stereocenters. The van der Waals surface area contributed by atoms with Crippen LogP contribution in [0.2, 0.25) is 0 Å². The molecule has 0 spiro atoms. The van der Waals surface area contributed by atoms with Crippen LogP contribution in [0, 0.1) is 13.8 Å². The molecule has 0 aliphatic heterocycles. The van der Waals surface area contributed by atoms with Crippen molar-refractivity contribution in [3.8, 4) is 16.9 Å². The quantitative estimate of drug-likeness (QED) is 0.791. The Morgan fingerprint density at radius 1 is 1.00 bits per heavy atom. The van der Waals surface area contributed by atoms with Crippen LogP contribution < -0.4 is 4.74 Å². The number of esters is 1. The van der Waals surface area contributed by atoms with Crippen molar-refractivity contribution >= 4 is 5.97 Å². The molecule has 0 saturated carbocycles. The topological polar surface area (TPSA) is 35.5 Å². The van der Waals surface area contributed by atoms with Crippen molar-refractivity contribution in [1.29, 1.82) is 0 Å². The van der Waals surface area contributed by atoms with Gasteiger partial charge in [0.1, 0.15) is 5.75 Å². The molecule has 0 saturated heterocycles. The van der Waals surface area contributed by atoms with Crippen molar-refractivity contribution in [2.24, 2.45) is 0 Å². The minimum atomic E-state index is -0.256. The van der Waals surface area contributed by atoms with Crippen molar-refractivity contribution in [3.63, 3.8) is 0 Å². The Hall–Kier alpha value is -2.29. The van der Waals surface area contributed by atoms with Gasteiger partial charge in [0.2, 0.25) is 0 Å². The van der Waals surface area contributed by atoms with Crippen LogP contribution in [0.15, 0.2) is 36.4 Å². The van der Waals surface area contributed by atoms with Crippen molar-refractivity contribution < 1.29 is 14.3 Å². The summed E-state index contributed by atoms with van der Waals surface area (Å²) in [7, 11) is 3.08. The van der Waals surface area contributed by atoms with E-state index in [2.05, 4.69) is 19.1 Å². The van der Waals surface area contributed by atoms with Gasteiger partial charge in [0.25, 0.3) is 0 Å². The number of rotatable bonds is 4. The smallest absolute Gasteiger partial charge is 0.312 e. The number of carbonyl (C=O) groups is 1. The first-order chi connectivity index (χ1) is 10.5. The Bertz CT molecular complexity index is 672. The number of benzene rings is 2.